The van der Waals surface area contributed by atoms with E-state index in [9.17, 15) is 4.79 Å². The lowest BCUT2D eigenvalue weighted by atomic mass is 9.75. The highest BCUT2D eigenvalue weighted by Gasteiger charge is 2.28. The van der Waals surface area contributed by atoms with E-state index in [1.807, 2.05) is 66.7 Å². The number of allylic oxidation sites excluding steroid dienone is 5. The first-order valence-corrected chi connectivity index (χ1v) is 8.71. The molecule has 1 heteroatoms. The number of carbonyl (C=O) groups excluding carboxylic acids is 1. The molecular formula is C25H18O. The topological polar surface area (TPSA) is 17.1 Å². The standard InChI is InChI=1S/C25H18O/c26-18-22-16-17-23(19-10-4-1-5-11-19)25(21-14-8-3-9-15-21)24(22)20-12-6-2-7-13-20/h1-17,24H. The molecule has 124 valence electrons. The van der Waals surface area contributed by atoms with Gasteiger partial charge in [0.15, 0.2) is 0 Å². The van der Waals surface area contributed by atoms with Gasteiger partial charge in [-0.1, -0.05) is 97.1 Å². The third kappa shape index (κ3) is 2.97. The van der Waals surface area contributed by atoms with Gasteiger partial charge < -0.3 is 0 Å². The summed E-state index contributed by atoms with van der Waals surface area (Å²) in [6, 6.07) is 30.8. The van der Waals surface area contributed by atoms with Crippen LogP contribution < -0.4 is 0 Å². The Kier molecular flexibility index (Phi) is 4.47. The van der Waals surface area contributed by atoms with Crippen LogP contribution >= 0.6 is 0 Å². The van der Waals surface area contributed by atoms with Gasteiger partial charge in [-0.25, -0.2) is 4.79 Å². The summed E-state index contributed by atoms with van der Waals surface area (Å²) in [7, 11) is 0. The van der Waals surface area contributed by atoms with Crippen molar-refractivity contribution in [2.24, 2.45) is 0 Å². The first-order chi connectivity index (χ1) is 12.9. The molecule has 0 radical (unpaired) electrons. The van der Waals surface area contributed by atoms with Crippen molar-refractivity contribution in [1.29, 1.82) is 0 Å². The molecule has 0 saturated heterocycles. The molecule has 0 spiro atoms. The van der Waals surface area contributed by atoms with Crippen LogP contribution in [0.2, 0.25) is 0 Å². The third-order valence-corrected chi connectivity index (χ3v) is 4.74. The molecule has 1 unspecified atom stereocenters. The van der Waals surface area contributed by atoms with Gasteiger partial charge in [0.05, 0.1) is 0 Å². The van der Waals surface area contributed by atoms with Crippen LogP contribution in [0.5, 0.6) is 0 Å². The van der Waals surface area contributed by atoms with Gasteiger partial charge in [0, 0.05) is 11.5 Å². The van der Waals surface area contributed by atoms with E-state index >= 15 is 0 Å². The molecule has 0 amide bonds. The molecule has 0 aliphatic heterocycles. The van der Waals surface area contributed by atoms with E-state index in [1.165, 1.54) is 0 Å². The van der Waals surface area contributed by atoms with Crippen molar-refractivity contribution in [3.8, 4) is 0 Å². The van der Waals surface area contributed by atoms with E-state index in [-0.39, 0.29) is 5.92 Å². The third-order valence-electron chi connectivity index (χ3n) is 4.74. The summed E-state index contributed by atoms with van der Waals surface area (Å²) in [5, 5.41) is 0. The van der Waals surface area contributed by atoms with Crippen LogP contribution in [0, 0.1) is 0 Å². The molecule has 1 aliphatic carbocycles. The summed E-state index contributed by atoms with van der Waals surface area (Å²) < 4.78 is 0. The molecular weight excluding hydrogens is 316 g/mol. The largest absolute Gasteiger partial charge is 0.233 e. The number of benzene rings is 3. The predicted molar refractivity (Wildman–Crippen MR) is 107 cm³/mol. The maximum atomic E-state index is 11.7. The summed E-state index contributed by atoms with van der Waals surface area (Å²) in [6.07, 6.45) is 3.94. The number of rotatable bonds is 3. The van der Waals surface area contributed by atoms with E-state index in [4.69, 9.17) is 0 Å². The molecule has 0 heterocycles. The van der Waals surface area contributed by atoms with Gasteiger partial charge in [0.25, 0.3) is 0 Å². The molecule has 1 aliphatic rings. The predicted octanol–water partition coefficient (Wildman–Crippen LogP) is 5.71. The fraction of sp³-hybridized carbons (Fsp3) is 0.0400. The lowest BCUT2D eigenvalue weighted by molar-refractivity contribution is 0.566. The lowest BCUT2D eigenvalue weighted by Gasteiger charge is -2.27. The monoisotopic (exact) mass is 334 g/mol. The highest BCUT2D eigenvalue weighted by Crippen LogP contribution is 2.45. The van der Waals surface area contributed by atoms with Gasteiger partial charge in [0.2, 0.25) is 0 Å². The van der Waals surface area contributed by atoms with Crippen LogP contribution in [0.1, 0.15) is 22.6 Å². The second-order valence-corrected chi connectivity index (χ2v) is 6.29. The van der Waals surface area contributed by atoms with E-state index < -0.39 is 0 Å². The Morgan fingerprint density at radius 3 is 1.73 bits per heavy atom. The van der Waals surface area contributed by atoms with Crippen molar-refractivity contribution in [3.63, 3.8) is 0 Å². The molecule has 1 atom stereocenters. The maximum absolute atomic E-state index is 11.7. The summed E-state index contributed by atoms with van der Waals surface area (Å²) in [5.74, 6) is 2.04. The van der Waals surface area contributed by atoms with E-state index in [1.54, 1.807) is 0 Å². The van der Waals surface area contributed by atoms with Crippen LogP contribution in [0.25, 0.3) is 11.1 Å². The molecule has 0 saturated carbocycles. The summed E-state index contributed by atoms with van der Waals surface area (Å²) >= 11 is 0. The van der Waals surface area contributed by atoms with Gasteiger partial charge in [-0.2, -0.15) is 0 Å². The zero-order valence-corrected chi connectivity index (χ0v) is 14.3. The zero-order valence-electron chi connectivity index (χ0n) is 14.3. The molecule has 0 N–H and O–H groups in total. The number of hydrogen-bond acceptors (Lipinski definition) is 1. The fourth-order valence-electron chi connectivity index (χ4n) is 3.56. The van der Waals surface area contributed by atoms with Gasteiger partial charge in [-0.15, -0.1) is 0 Å². The molecule has 3 aromatic rings. The van der Waals surface area contributed by atoms with Crippen LogP contribution in [0.3, 0.4) is 0 Å². The Balaban J connectivity index is 2.02. The van der Waals surface area contributed by atoms with Crippen LogP contribution in [-0.2, 0) is 4.79 Å². The Morgan fingerprint density at radius 1 is 0.615 bits per heavy atom. The summed E-state index contributed by atoms with van der Waals surface area (Å²) in [4.78, 5) is 11.7. The van der Waals surface area contributed by atoms with Gasteiger partial charge in [-0.3, -0.25) is 0 Å². The fourth-order valence-corrected chi connectivity index (χ4v) is 3.56. The van der Waals surface area contributed by atoms with Crippen molar-refractivity contribution < 1.29 is 4.79 Å². The lowest BCUT2D eigenvalue weighted by Crippen LogP contribution is -2.10. The van der Waals surface area contributed by atoms with Crippen molar-refractivity contribution in [2.45, 2.75) is 5.92 Å². The Morgan fingerprint density at radius 2 is 1.15 bits per heavy atom. The molecule has 0 fully saturated rings. The quantitative estimate of drug-likeness (QED) is 0.561. The Hall–Kier alpha value is -3.41. The van der Waals surface area contributed by atoms with E-state index in [0.29, 0.717) is 5.57 Å². The zero-order chi connectivity index (χ0) is 17.8. The van der Waals surface area contributed by atoms with Crippen LogP contribution in [0.15, 0.2) is 109 Å². The first-order valence-electron chi connectivity index (χ1n) is 8.71. The molecule has 3 aromatic carbocycles. The smallest absolute Gasteiger partial charge is 0.128 e. The van der Waals surface area contributed by atoms with Gasteiger partial charge in [0.1, 0.15) is 5.94 Å². The molecule has 4 rings (SSSR count). The SMILES string of the molecule is O=C=C1C=CC(c2ccccc2)=C(c2ccccc2)C1c1ccccc1. The molecule has 0 bridgehead atoms. The minimum atomic E-state index is -0.128. The van der Waals surface area contributed by atoms with Crippen LogP contribution in [0.4, 0.5) is 0 Å². The Bertz CT molecular complexity index is 1010. The van der Waals surface area contributed by atoms with E-state index in [0.717, 1.165) is 27.8 Å². The van der Waals surface area contributed by atoms with Crippen molar-refractivity contribution >= 4 is 17.1 Å². The average molecular weight is 334 g/mol. The minimum Gasteiger partial charge on any atom is -0.233 e. The van der Waals surface area contributed by atoms with Crippen molar-refractivity contribution in [2.75, 3.05) is 0 Å². The Labute approximate surface area is 153 Å². The second kappa shape index (κ2) is 7.23. The van der Waals surface area contributed by atoms with Gasteiger partial charge >= 0.3 is 0 Å². The molecule has 0 aromatic heterocycles. The molecule has 26 heavy (non-hydrogen) atoms. The second-order valence-electron chi connectivity index (χ2n) is 6.29. The van der Waals surface area contributed by atoms with Gasteiger partial charge in [-0.05, 0) is 33.9 Å². The van der Waals surface area contributed by atoms with Crippen molar-refractivity contribution in [3.05, 3.63) is 125 Å². The number of hydrogen-bond donors (Lipinski definition) is 0. The normalized spacial score (nSPS) is 16.5. The maximum Gasteiger partial charge on any atom is 0.128 e. The average Bonchev–Trinajstić information content (AvgIpc) is 2.74. The minimum absolute atomic E-state index is 0.128. The highest BCUT2D eigenvalue weighted by molar-refractivity contribution is 6.02. The summed E-state index contributed by atoms with van der Waals surface area (Å²) in [5.41, 5.74) is 6.32. The van der Waals surface area contributed by atoms with E-state index in [2.05, 4.69) is 42.3 Å². The molecule has 1 nitrogen and oxygen atoms in total. The highest BCUT2D eigenvalue weighted by atomic mass is 16.1. The first kappa shape index (κ1) is 16.1. The van der Waals surface area contributed by atoms with Crippen molar-refractivity contribution in [1.82, 2.24) is 0 Å². The summed E-state index contributed by atoms with van der Waals surface area (Å²) in [6.45, 7) is 0. The van der Waals surface area contributed by atoms with Crippen LogP contribution in [-0.4, -0.2) is 5.94 Å².